The van der Waals surface area contributed by atoms with Crippen LogP contribution in [0.5, 0.6) is 0 Å². The Kier molecular flexibility index (Phi) is 3.89. The average molecular weight is 330 g/mol. The highest BCUT2D eigenvalue weighted by atomic mass is 19.1. The molecule has 1 saturated heterocycles. The van der Waals surface area contributed by atoms with Crippen LogP contribution in [-0.2, 0) is 13.0 Å². The van der Waals surface area contributed by atoms with Crippen molar-refractivity contribution in [3.8, 4) is 0 Å². The summed E-state index contributed by atoms with van der Waals surface area (Å²) in [7, 11) is 0. The Bertz CT molecular complexity index is 725. The summed E-state index contributed by atoms with van der Waals surface area (Å²) in [5.74, 6) is 1.74. The zero-order chi connectivity index (χ0) is 16.7. The van der Waals surface area contributed by atoms with Gasteiger partial charge in [-0.1, -0.05) is 12.1 Å². The summed E-state index contributed by atoms with van der Waals surface area (Å²) in [5, 5.41) is 19.4. The predicted molar refractivity (Wildman–Crippen MR) is 88.0 cm³/mol. The molecule has 0 bridgehead atoms. The highest BCUT2D eigenvalue weighted by Crippen LogP contribution is 2.37. The van der Waals surface area contributed by atoms with Crippen molar-refractivity contribution in [1.82, 2.24) is 19.7 Å². The fraction of sp³-hybridized carbons (Fsp3) is 0.556. The van der Waals surface area contributed by atoms with Crippen LogP contribution in [0, 0.1) is 12.7 Å². The largest absolute Gasteiger partial charge is 0.388 e. The molecule has 5 nitrogen and oxygen atoms in total. The lowest BCUT2D eigenvalue weighted by Crippen LogP contribution is -2.35. The lowest BCUT2D eigenvalue weighted by Gasteiger charge is -2.23. The maximum Gasteiger partial charge on any atom is 0.147 e. The van der Waals surface area contributed by atoms with E-state index in [0.29, 0.717) is 19.0 Å². The standard InChI is InChI=1S/C18H23FN4O/c1-13-20-21-17(23(13)16-6-7-16)11-22-9-8-18(24,12-22)10-14-2-4-15(19)5-3-14/h2-5,16,24H,6-12H2,1H3. The summed E-state index contributed by atoms with van der Waals surface area (Å²) in [6.45, 7) is 4.18. The van der Waals surface area contributed by atoms with E-state index in [9.17, 15) is 9.50 Å². The number of β-amino-alcohol motifs (C(OH)–C–C–N with tert-alkyl or cyclic N) is 1. The Hall–Kier alpha value is -1.79. The monoisotopic (exact) mass is 330 g/mol. The normalized spacial score (nSPS) is 24.6. The van der Waals surface area contributed by atoms with Crippen LogP contribution >= 0.6 is 0 Å². The maximum atomic E-state index is 13.0. The second-order valence-electron chi connectivity index (χ2n) is 7.25. The van der Waals surface area contributed by atoms with Gasteiger partial charge in [0.15, 0.2) is 0 Å². The van der Waals surface area contributed by atoms with E-state index >= 15 is 0 Å². The van der Waals surface area contributed by atoms with E-state index in [4.69, 9.17) is 0 Å². The van der Waals surface area contributed by atoms with Gasteiger partial charge >= 0.3 is 0 Å². The van der Waals surface area contributed by atoms with Gasteiger partial charge < -0.3 is 9.67 Å². The molecule has 2 aliphatic rings. The topological polar surface area (TPSA) is 54.2 Å². The van der Waals surface area contributed by atoms with E-state index < -0.39 is 5.60 Å². The molecule has 0 spiro atoms. The number of halogens is 1. The van der Waals surface area contributed by atoms with Crippen molar-refractivity contribution < 1.29 is 9.50 Å². The first-order valence-corrected chi connectivity index (χ1v) is 8.62. The number of benzene rings is 1. The summed E-state index contributed by atoms with van der Waals surface area (Å²) in [6.07, 6.45) is 3.69. The number of hydrogen-bond donors (Lipinski definition) is 1. The van der Waals surface area contributed by atoms with E-state index in [0.717, 1.165) is 36.7 Å². The molecule has 1 aliphatic carbocycles. The first-order chi connectivity index (χ1) is 11.5. The summed E-state index contributed by atoms with van der Waals surface area (Å²) < 4.78 is 15.3. The van der Waals surface area contributed by atoms with Crippen molar-refractivity contribution in [1.29, 1.82) is 0 Å². The number of aryl methyl sites for hydroxylation is 1. The number of rotatable bonds is 5. The van der Waals surface area contributed by atoms with Gasteiger partial charge in [-0.15, -0.1) is 10.2 Å². The molecule has 1 aliphatic heterocycles. The lowest BCUT2D eigenvalue weighted by molar-refractivity contribution is 0.0484. The SMILES string of the molecule is Cc1nnc(CN2CCC(O)(Cc3ccc(F)cc3)C2)n1C1CC1. The second-order valence-corrected chi connectivity index (χ2v) is 7.25. The zero-order valence-electron chi connectivity index (χ0n) is 14.0. The molecule has 0 radical (unpaired) electrons. The van der Waals surface area contributed by atoms with E-state index in [1.807, 2.05) is 6.92 Å². The Balaban J connectivity index is 1.41. The van der Waals surface area contributed by atoms with Crippen molar-refractivity contribution in [2.75, 3.05) is 13.1 Å². The summed E-state index contributed by atoms with van der Waals surface area (Å²) in [5.41, 5.74) is 0.217. The summed E-state index contributed by atoms with van der Waals surface area (Å²) in [6, 6.07) is 6.97. The fourth-order valence-corrected chi connectivity index (χ4v) is 3.73. The van der Waals surface area contributed by atoms with Crippen molar-refractivity contribution >= 4 is 0 Å². The lowest BCUT2D eigenvalue weighted by atomic mass is 9.94. The third-order valence-electron chi connectivity index (χ3n) is 5.07. The molecule has 1 aromatic carbocycles. The van der Waals surface area contributed by atoms with Gasteiger partial charge in [-0.05, 0) is 43.9 Å². The number of likely N-dealkylation sites (tertiary alicyclic amines) is 1. The number of nitrogens with zero attached hydrogens (tertiary/aromatic N) is 4. The molecule has 0 amide bonds. The Morgan fingerprint density at radius 1 is 1.25 bits per heavy atom. The van der Waals surface area contributed by atoms with Crippen molar-refractivity contribution in [2.45, 2.75) is 50.8 Å². The molecule has 4 rings (SSSR count). The quantitative estimate of drug-likeness (QED) is 0.913. The fourth-order valence-electron chi connectivity index (χ4n) is 3.73. The van der Waals surface area contributed by atoms with Crippen LogP contribution in [-0.4, -0.2) is 43.5 Å². The van der Waals surface area contributed by atoms with Gasteiger partial charge in [0.2, 0.25) is 0 Å². The molecule has 1 aromatic heterocycles. The molecular formula is C18H23FN4O. The van der Waals surface area contributed by atoms with Crippen molar-refractivity contribution in [3.63, 3.8) is 0 Å². The smallest absolute Gasteiger partial charge is 0.147 e. The Labute approximate surface area is 141 Å². The van der Waals surface area contributed by atoms with Gasteiger partial charge in [0.25, 0.3) is 0 Å². The van der Waals surface area contributed by atoms with Gasteiger partial charge in [-0.2, -0.15) is 0 Å². The van der Waals surface area contributed by atoms with Crippen LogP contribution in [0.2, 0.25) is 0 Å². The van der Waals surface area contributed by atoms with Gasteiger partial charge in [0.1, 0.15) is 17.5 Å². The van der Waals surface area contributed by atoms with Crippen LogP contribution < -0.4 is 0 Å². The minimum atomic E-state index is -0.753. The molecule has 2 heterocycles. The molecule has 128 valence electrons. The number of aliphatic hydroxyl groups is 1. The number of hydrogen-bond acceptors (Lipinski definition) is 4. The summed E-state index contributed by atoms with van der Waals surface area (Å²) >= 11 is 0. The van der Waals surface area contributed by atoms with Gasteiger partial charge in [-0.25, -0.2) is 4.39 Å². The van der Waals surface area contributed by atoms with Crippen LogP contribution in [0.4, 0.5) is 4.39 Å². The Morgan fingerprint density at radius 3 is 2.71 bits per heavy atom. The average Bonchev–Trinajstić information content (AvgIpc) is 3.22. The van der Waals surface area contributed by atoms with E-state index in [-0.39, 0.29) is 5.82 Å². The van der Waals surface area contributed by atoms with Gasteiger partial charge in [-0.3, -0.25) is 4.90 Å². The van der Waals surface area contributed by atoms with Gasteiger partial charge in [0, 0.05) is 25.6 Å². The van der Waals surface area contributed by atoms with Gasteiger partial charge in [0.05, 0.1) is 12.1 Å². The van der Waals surface area contributed by atoms with Crippen molar-refractivity contribution in [3.05, 3.63) is 47.3 Å². The highest BCUT2D eigenvalue weighted by molar-refractivity contribution is 5.19. The number of aromatic nitrogens is 3. The first kappa shape index (κ1) is 15.7. The van der Waals surface area contributed by atoms with E-state index in [2.05, 4.69) is 19.7 Å². The third-order valence-corrected chi connectivity index (χ3v) is 5.07. The molecule has 6 heteroatoms. The molecule has 2 aromatic rings. The van der Waals surface area contributed by atoms with Crippen LogP contribution in [0.3, 0.4) is 0 Å². The maximum absolute atomic E-state index is 13.0. The predicted octanol–water partition coefficient (Wildman–Crippen LogP) is 2.24. The van der Waals surface area contributed by atoms with Crippen LogP contribution in [0.1, 0.15) is 42.5 Å². The molecule has 24 heavy (non-hydrogen) atoms. The minimum absolute atomic E-state index is 0.242. The highest BCUT2D eigenvalue weighted by Gasteiger charge is 2.37. The van der Waals surface area contributed by atoms with E-state index in [1.165, 1.54) is 25.0 Å². The van der Waals surface area contributed by atoms with E-state index in [1.54, 1.807) is 12.1 Å². The molecule has 1 N–H and O–H groups in total. The second kappa shape index (κ2) is 5.93. The van der Waals surface area contributed by atoms with Crippen LogP contribution in [0.25, 0.3) is 0 Å². The molecule has 1 atom stereocenters. The molecule has 1 unspecified atom stereocenters. The molecule has 2 fully saturated rings. The van der Waals surface area contributed by atoms with Crippen molar-refractivity contribution in [2.24, 2.45) is 0 Å². The van der Waals surface area contributed by atoms with Crippen LogP contribution in [0.15, 0.2) is 24.3 Å². The summed E-state index contributed by atoms with van der Waals surface area (Å²) in [4.78, 5) is 2.24. The zero-order valence-corrected chi connectivity index (χ0v) is 14.0. The third kappa shape index (κ3) is 3.21. The minimum Gasteiger partial charge on any atom is -0.388 e. The molecular weight excluding hydrogens is 307 g/mol. The Morgan fingerprint density at radius 2 is 2.00 bits per heavy atom. The molecule has 1 saturated carbocycles. The first-order valence-electron chi connectivity index (χ1n) is 8.62.